The molecule has 94 valence electrons. The molecule has 5 heteroatoms. The highest BCUT2D eigenvalue weighted by Crippen LogP contribution is 2.18. The zero-order chi connectivity index (χ0) is 13.0. The molecule has 2 aromatic rings. The number of aliphatic hydroxyl groups is 1. The lowest BCUT2D eigenvalue weighted by Crippen LogP contribution is -2.28. The summed E-state index contributed by atoms with van der Waals surface area (Å²) in [5.41, 5.74) is 0.580. The van der Waals surface area contributed by atoms with Gasteiger partial charge in [-0.3, -0.25) is 4.79 Å². The second-order valence-electron chi connectivity index (χ2n) is 3.75. The maximum Gasteiger partial charge on any atom is 0.251 e. The smallest absolute Gasteiger partial charge is 0.251 e. The summed E-state index contributed by atoms with van der Waals surface area (Å²) in [5.74, 6) is -0.182. The summed E-state index contributed by atoms with van der Waals surface area (Å²) in [6.45, 7) is 0.218. The molecule has 1 heterocycles. The predicted octanol–water partition coefficient (Wildman–Crippen LogP) is 2.97. The van der Waals surface area contributed by atoms with Crippen LogP contribution in [0.15, 0.2) is 46.3 Å². The summed E-state index contributed by atoms with van der Waals surface area (Å²) in [6, 6.07) is 10.8. The second-order valence-corrected chi connectivity index (χ2v) is 5.64. The van der Waals surface area contributed by atoms with E-state index in [0.29, 0.717) is 5.56 Å². The molecule has 1 aromatic heterocycles. The van der Waals surface area contributed by atoms with Gasteiger partial charge >= 0.3 is 0 Å². The molecule has 0 bridgehead atoms. The van der Waals surface area contributed by atoms with Gasteiger partial charge in [0.1, 0.15) is 6.10 Å². The minimum absolute atomic E-state index is 0.182. The molecule has 1 amide bonds. The van der Waals surface area contributed by atoms with Gasteiger partial charge in [0.15, 0.2) is 0 Å². The van der Waals surface area contributed by atoms with Crippen molar-refractivity contribution in [2.45, 2.75) is 6.10 Å². The summed E-state index contributed by atoms with van der Waals surface area (Å²) in [7, 11) is 0. The van der Waals surface area contributed by atoms with E-state index in [1.807, 2.05) is 29.6 Å². The summed E-state index contributed by atoms with van der Waals surface area (Å²) < 4.78 is 0.928. The van der Waals surface area contributed by atoms with Gasteiger partial charge in [0.2, 0.25) is 0 Å². The lowest BCUT2D eigenvalue weighted by Gasteiger charge is -2.10. The van der Waals surface area contributed by atoms with Gasteiger partial charge < -0.3 is 10.4 Å². The van der Waals surface area contributed by atoms with E-state index in [9.17, 15) is 9.90 Å². The zero-order valence-electron chi connectivity index (χ0n) is 9.47. The number of thiophene rings is 1. The lowest BCUT2D eigenvalue weighted by molar-refractivity contribution is 0.0918. The van der Waals surface area contributed by atoms with Gasteiger partial charge in [-0.15, -0.1) is 11.3 Å². The van der Waals surface area contributed by atoms with Crippen LogP contribution >= 0.6 is 27.3 Å². The van der Waals surface area contributed by atoms with Crippen molar-refractivity contribution in [1.82, 2.24) is 5.32 Å². The van der Waals surface area contributed by atoms with E-state index in [0.717, 1.165) is 9.35 Å². The average molecular weight is 326 g/mol. The molecule has 0 saturated carbocycles. The number of carbonyl (C=O) groups excluding carboxylic acids is 1. The molecule has 1 atom stereocenters. The zero-order valence-corrected chi connectivity index (χ0v) is 11.9. The Labute approximate surface area is 118 Å². The first-order valence-corrected chi connectivity index (χ1v) is 7.09. The highest BCUT2D eigenvalue weighted by Gasteiger charge is 2.11. The number of hydrogen-bond donors (Lipinski definition) is 2. The molecule has 3 nitrogen and oxygen atoms in total. The van der Waals surface area contributed by atoms with Crippen molar-refractivity contribution >= 4 is 33.2 Å². The third-order valence-corrected chi connectivity index (χ3v) is 3.94. The fraction of sp³-hybridized carbons (Fsp3) is 0.154. The first kappa shape index (κ1) is 13.3. The van der Waals surface area contributed by atoms with E-state index in [2.05, 4.69) is 21.2 Å². The van der Waals surface area contributed by atoms with Gasteiger partial charge in [-0.05, 0) is 35.7 Å². The molecule has 0 fully saturated rings. The fourth-order valence-electron chi connectivity index (χ4n) is 1.47. The fourth-order valence-corrected chi connectivity index (χ4v) is 2.45. The normalized spacial score (nSPS) is 12.1. The Morgan fingerprint density at radius 1 is 1.33 bits per heavy atom. The average Bonchev–Trinajstić information content (AvgIpc) is 2.90. The summed E-state index contributed by atoms with van der Waals surface area (Å²) in [6.07, 6.45) is -0.649. The van der Waals surface area contributed by atoms with Crippen LogP contribution in [0.1, 0.15) is 21.3 Å². The van der Waals surface area contributed by atoms with E-state index in [1.54, 1.807) is 12.1 Å². The van der Waals surface area contributed by atoms with Crippen molar-refractivity contribution in [2.24, 2.45) is 0 Å². The minimum Gasteiger partial charge on any atom is -0.386 e. The Bertz CT molecular complexity index is 510. The van der Waals surface area contributed by atoms with Gasteiger partial charge in [0.25, 0.3) is 5.91 Å². The second kappa shape index (κ2) is 6.13. The molecular weight excluding hydrogens is 314 g/mol. The summed E-state index contributed by atoms with van der Waals surface area (Å²) >= 11 is 4.79. The Morgan fingerprint density at radius 3 is 2.67 bits per heavy atom. The molecule has 0 radical (unpaired) electrons. The predicted molar refractivity (Wildman–Crippen MR) is 75.8 cm³/mol. The number of rotatable bonds is 4. The van der Waals surface area contributed by atoms with Crippen LogP contribution in [0.4, 0.5) is 0 Å². The number of carbonyl (C=O) groups is 1. The quantitative estimate of drug-likeness (QED) is 0.907. The SMILES string of the molecule is O=C(NCC(O)c1cccs1)c1ccc(Br)cc1. The lowest BCUT2D eigenvalue weighted by atomic mass is 10.2. The van der Waals surface area contributed by atoms with Crippen LogP contribution < -0.4 is 5.32 Å². The van der Waals surface area contributed by atoms with Gasteiger partial charge in [-0.2, -0.15) is 0 Å². The standard InChI is InChI=1S/C13H12BrNO2S/c14-10-5-3-9(4-6-10)13(17)15-8-11(16)12-2-1-7-18-12/h1-7,11,16H,8H2,(H,15,17). The highest BCUT2D eigenvalue weighted by molar-refractivity contribution is 9.10. The van der Waals surface area contributed by atoms with E-state index in [4.69, 9.17) is 0 Å². The number of halogens is 1. The van der Waals surface area contributed by atoms with Crippen LogP contribution in [0.3, 0.4) is 0 Å². The number of aliphatic hydroxyl groups excluding tert-OH is 1. The molecule has 18 heavy (non-hydrogen) atoms. The van der Waals surface area contributed by atoms with Crippen molar-refractivity contribution in [1.29, 1.82) is 0 Å². The van der Waals surface area contributed by atoms with E-state index < -0.39 is 6.10 Å². The molecule has 0 aliphatic heterocycles. The van der Waals surface area contributed by atoms with Crippen LogP contribution in [-0.4, -0.2) is 17.6 Å². The molecule has 2 rings (SSSR count). The van der Waals surface area contributed by atoms with Crippen LogP contribution in [-0.2, 0) is 0 Å². The number of amides is 1. The van der Waals surface area contributed by atoms with Crippen molar-refractivity contribution in [2.75, 3.05) is 6.54 Å². The monoisotopic (exact) mass is 325 g/mol. The van der Waals surface area contributed by atoms with Crippen molar-refractivity contribution in [3.63, 3.8) is 0 Å². The van der Waals surface area contributed by atoms with Crippen LogP contribution in [0.5, 0.6) is 0 Å². The Balaban J connectivity index is 1.90. The molecular formula is C13H12BrNO2S. The Morgan fingerprint density at radius 2 is 2.06 bits per heavy atom. The van der Waals surface area contributed by atoms with Crippen molar-refractivity contribution < 1.29 is 9.90 Å². The number of nitrogens with one attached hydrogen (secondary N) is 1. The molecule has 0 aliphatic carbocycles. The molecule has 1 unspecified atom stereocenters. The molecule has 0 saturated heterocycles. The Kier molecular flexibility index (Phi) is 4.52. The largest absolute Gasteiger partial charge is 0.386 e. The minimum atomic E-state index is -0.649. The molecule has 1 aromatic carbocycles. The van der Waals surface area contributed by atoms with Gasteiger partial charge in [0.05, 0.1) is 0 Å². The van der Waals surface area contributed by atoms with Gasteiger partial charge in [-0.1, -0.05) is 22.0 Å². The molecule has 0 spiro atoms. The third kappa shape index (κ3) is 3.41. The van der Waals surface area contributed by atoms with Crippen LogP contribution in [0.2, 0.25) is 0 Å². The van der Waals surface area contributed by atoms with E-state index in [1.165, 1.54) is 11.3 Å². The molecule has 2 N–H and O–H groups in total. The maximum absolute atomic E-state index is 11.8. The summed E-state index contributed by atoms with van der Waals surface area (Å²) in [4.78, 5) is 12.6. The van der Waals surface area contributed by atoms with Crippen molar-refractivity contribution in [3.05, 3.63) is 56.7 Å². The van der Waals surface area contributed by atoms with Crippen LogP contribution in [0, 0.1) is 0 Å². The number of benzene rings is 1. The van der Waals surface area contributed by atoms with Crippen molar-refractivity contribution in [3.8, 4) is 0 Å². The summed E-state index contributed by atoms with van der Waals surface area (Å²) in [5, 5.41) is 14.4. The molecule has 0 aliphatic rings. The van der Waals surface area contributed by atoms with E-state index in [-0.39, 0.29) is 12.5 Å². The first-order chi connectivity index (χ1) is 8.66. The first-order valence-electron chi connectivity index (χ1n) is 5.42. The van der Waals surface area contributed by atoms with Gasteiger partial charge in [0, 0.05) is 21.5 Å². The maximum atomic E-state index is 11.8. The highest BCUT2D eigenvalue weighted by atomic mass is 79.9. The number of hydrogen-bond acceptors (Lipinski definition) is 3. The topological polar surface area (TPSA) is 49.3 Å². The Hall–Kier alpha value is -1.17. The van der Waals surface area contributed by atoms with Crippen LogP contribution in [0.25, 0.3) is 0 Å². The van der Waals surface area contributed by atoms with Gasteiger partial charge in [-0.25, -0.2) is 0 Å². The third-order valence-electron chi connectivity index (χ3n) is 2.43. The van der Waals surface area contributed by atoms with E-state index >= 15 is 0 Å².